The summed E-state index contributed by atoms with van der Waals surface area (Å²) in [6.07, 6.45) is 4.03. The van der Waals surface area contributed by atoms with Crippen LogP contribution in [0.2, 0.25) is 0 Å². The fraction of sp³-hybridized carbons (Fsp3) is 0.538. The van der Waals surface area contributed by atoms with Gasteiger partial charge in [-0.15, -0.1) is 0 Å². The predicted octanol–water partition coefficient (Wildman–Crippen LogP) is 2.17. The standard InChI is InChI=1S/C13H21N3O/c1-4-9-16(10-5-2)11-14-12-7-6-8-13(17)15(12)3/h6-8,11H,4-5,9-10H2,1-3H3/b14-11+. The van der Waals surface area contributed by atoms with Crippen LogP contribution >= 0.6 is 0 Å². The first kappa shape index (κ1) is 13.5. The summed E-state index contributed by atoms with van der Waals surface area (Å²) >= 11 is 0. The van der Waals surface area contributed by atoms with Crippen LogP contribution in [0.4, 0.5) is 5.82 Å². The monoisotopic (exact) mass is 235 g/mol. The molecule has 4 heteroatoms. The highest BCUT2D eigenvalue weighted by Gasteiger charge is 1.98. The summed E-state index contributed by atoms with van der Waals surface area (Å²) in [5.41, 5.74) is -0.0304. The molecular formula is C13H21N3O. The number of pyridine rings is 1. The maximum Gasteiger partial charge on any atom is 0.251 e. The Kier molecular flexibility index (Phi) is 5.46. The van der Waals surface area contributed by atoms with Gasteiger partial charge in [-0.1, -0.05) is 19.9 Å². The first-order valence-corrected chi connectivity index (χ1v) is 6.13. The Morgan fingerprint density at radius 1 is 1.29 bits per heavy atom. The normalized spacial score (nSPS) is 11.0. The van der Waals surface area contributed by atoms with E-state index >= 15 is 0 Å². The minimum Gasteiger partial charge on any atom is -0.363 e. The largest absolute Gasteiger partial charge is 0.363 e. The Morgan fingerprint density at radius 3 is 2.53 bits per heavy atom. The lowest BCUT2D eigenvalue weighted by Gasteiger charge is -2.17. The van der Waals surface area contributed by atoms with Crippen LogP contribution in [0.1, 0.15) is 26.7 Å². The molecule has 1 rings (SSSR count). The molecule has 0 bridgehead atoms. The SMILES string of the molecule is CCCN(/C=N/c1cccc(=O)n1C)CCC. The molecule has 0 radical (unpaired) electrons. The molecule has 4 nitrogen and oxygen atoms in total. The van der Waals surface area contributed by atoms with Crippen molar-refractivity contribution in [3.63, 3.8) is 0 Å². The lowest BCUT2D eigenvalue weighted by atomic mass is 10.4. The fourth-order valence-electron chi connectivity index (χ4n) is 1.63. The van der Waals surface area contributed by atoms with Crippen molar-refractivity contribution in [2.24, 2.45) is 12.0 Å². The summed E-state index contributed by atoms with van der Waals surface area (Å²) in [5.74, 6) is 0.690. The second-order valence-corrected chi connectivity index (χ2v) is 4.06. The molecule has 0 aliphatic rings. The van der Waals surface area contributed by atoms with Crippen molar-refractivity contribution in [3.8, 4) is 0 Å². The van der Waals surface area contributed by atoms with Gasteiger partial charge in [-0.05, 0) is 18.9 Å². The summed E-state index contributed by atoms with van der Waals surface area (Å²) in [7, 11) is 1.74. The molecule has 0 aliphatic carbocycles. The third-order valence-corrected chi connectivity index (χ3v) is 2.53. The van der Waals surface area contributed by atoms with Gasteiger partial charge in [-0.3, -0.25) is 9.36 Å². The van der Waals surface area contributed by atoms with Gasteiger partial charge >= 0.3 is 0 Å². The fourth-order valence-corrected chi connectivity index (χ4v) is 1.63. The van der Waals surface area contributed by atoms with Crippen LogP contribution in [0, 0.1) is 0 Å². The third-order valence-electron chi connectivity index (χ3n) is 2.53. The van der Waals surface area contributed by atoms with E-state index in [-0.39, 0.29) is 5.56 Å². The first-order valence-electron chi connectivity index (χ1n) is 6.13. The topological polar surface area (TPSA) is 37.6 Å². The maximum atomic E-state index is 11.4. The van der Waals surface area contributed by atoms with E-state index in [2.05, 4.69) is 23.7 Å². The average molecular weight is 235 g/mol. The number of hydrogen-bond donors (Lipinski definition) is 0. The highest BCUT2D eigenvalue weighted by atomic mass is 16.1. The van der Waals surface area contributed by atoms with Gasteiger partial charge in [0, 0.05) is 26.2 Å². The van der Waals surface area contributed by atoms with Crippen molar-refractivity contribution in [2.75, 3.05) is 13.1 Å². The Hall–Kier alpha value is -1.58. The van der Waals surface area contributed by atoms with Gasteiger partial charge in [-0.25, -0.2) is 4.99 Å². The van der Waals surface area contributed by atoms with Crippen molar-refractivity contribution in [1.82, 2.24) is 9.47 Å². The van der Waals surface area contributed by atoms with E-state index in [1.54, 1.807) is 17.7 Å². The van der Waals surface area contributed by atoms with Crippen LogP contribution < -0.4 is 5.56 Å². The molecule has 1 heterocycles. The van der Waals surface area contributed by atoms with Gasteiger partial charge < -0.3 is 4.90 Å². The van der Waals surface area contributed by atoms with Crippen molar-refractivity contribution in [1.29, 1.82) is 0 Å². The number of aromatic nitrogens is 1. The van der Waals surface area contributed by atoms with Crippen LogP contribution in [0.5, 0.6) is 0 Å². The van der Waals surface area contributed by atoms with Gasteiger partial charge in [0.25, 0.3) is 5.56 Å². The van der Waals surface area contributed by atoms with Crippen LogP contribution in [0.15, 0.2) is 28.0 Å². The maximum absolute atomic E-state index is 11.4. The zero-order valence-corrected chi connectivity index (χ0v) is 10.9. The first-order chi connectivity index (χ1) is 8.19. The molecular weight excluding hydrogens is 214 g/mol. The summed E-state index contributed by atoms with van der Waals surface area (Å²) in [5, 5.41) is 0. The second-order valence-electron chi connectivity index (χ2n) is 4.06. The van der Waals surface area contributed by atoms with Gasteiger partial charge in [0.2, 0.25) is 0 Å². The van der Waals surface area contributed by atoms with Crippen LogP contribution in [-0.2, 0) is 7.05 Å². The van der Waals surface area contributed by atoms with Crippen molar-refractivity contribution in [2.45, 2.75) is 26.7 Å². The van der Waals surface area contributed by atoms with Gasteiger partial charge in [-0.2, -0.15) is 0 Å². The van der Waals surface area contributed by atoms with E-state index in [0.717, 1.165) is 25.9 Å². The molecule has 0 saturated heterocycles. The zero-order valence-electron chi connectivity index (χ0n) is 10.9. The quantitative estimate of drug-likeness (QED) is 0.560. The van der Waals surface area contributed by atoms with Crippen LogP contribution in [0.3, 0.4) is 0 Å². The van der Waals surface area contributed by atoms with E-state index in [4.69, 9.17) is 0 Å². The summed E-state index contributed by atoms with van der Waals surface area (Å²) < 4.78 is 1.55. The highest BCUT2D eigenvalue weighted by Crippen LogP contribution is 2.06. The molecule has 0 aliphatic heterocycles. The number of rotatable bonds is 6. The average Bonchev–Trinajstić information content (AvgIpc) is 2.31. The molecule has 94 valence electrons. The number of aliphatic imine (C=N–C) groups is 1. The van der Waals surface area contributed by atoms with Gasteiger partial charge in [0.05, 0.1) is 6.34 Å². The molecule has 0 unspecified atom stereocenters. The minimum absolute atomic E-state index is 0.0304. The minimum atomic E-state index is -0.0304. The molecule has 0 amide bonds. The van der Waals surface area contributed by atoms with Gasteiger partial charge in [0.15, 0.2) is 0 Å². The number of nitrogens with zero attached hydrogens (tertiary/aromatic N) is 3. The summed E-state index contributed by atoms with van der Waals surface area (Å²) in [6, 6.07) is 5.11. The van der Waals surface area contributed by atoms with E-state index in [9.17, 15) is 4.79 Å². The van der Waals surface area contributed by atoms with Crippen molar-refractivity contribution >= 4 is 12.2 Å². The Labute approximate surface area is 103 Å². The van der Waals surface area contributed by atoms with E-state index in [1.165, 1.54) is 6.07 Å². The Balaban J connectivity index is 2.80. The van der Waals surface area contributed by atoms with E-state index in [0.29, 0.717) is 5.82 Å². The molecule has 0 fully saturated rings. The third kappa shape index (κ3) is 4.06. The van der Waals surface area contributed by atoms with Crippen LogP contribution in [-0.4, -0.2) is 28.9 Å². The summed E-state index contributed by atoms with van der Waals surface area (Å²) in [6.45, 7) is 6.29. The lowest BCUT2D eigenvalue weighted by Crippen LogP contribution is -2.24. The Bertz CT molecular complexity index is 417. The molecule has 1 aromatic rings. The highest BCUT2D eigenvalue weighted by molar-refractivity contribution is 5.59. The Morgan fingerprint density at radius 2 is 1.94 bits per heavy atom. The molecule has 0 aromatic carbocycles. The smallest absolute Gasteiger partial charge is 0.251 e. The molecule has 1 aromatic heterocycles. The molecule has 0 saturated carbocycles. The second kappa shape index (κ2) is 6.89. The van der Waals surface area contributed by atoms with E-state index in [1.807, 2.05) is 12.4 Å². The van der Waals surface area contributed by atoms with Crippen molar-refractivity contribution in [3.05, 3.63) is 28.6 Å². The summed E-state index contributed by atoms with van der Waals surface area (Å²) in [4.78, 5) is 18.0. The van der Waals surface area contributed by atoms with Gasteiger partial charge in [0.1, 0.15) is 5.82 Å². The zero-order chi connectivity index (χ0) is 12.7. The van der Waals surface area contributed by atoms with E-state index < -0.39 is 0 Å². The molecule has 0 atom stereocenters. The molecule has 17 heavy (non-hydrogen) atoms. The molecule has 0 N–H and O–H groups in total. The molecule has 0 spiro atoms. The predicted molar refractivity (Wildman–Crippen MR) is 72.0 cm³/mol. The lowest BCUT2D eigenvalue weighted by molar-refractivity contribution is 0.428. The van der Waals surface area contributed by atoms with Crippen LogP contribution in [0.25, 0.3) is 0 Å². The number of hydrogen-bond acceptors (Lipinski definition) is 2. The van der Waals surface area contributed by atoms with Crippen molar-refractivity contribution < 1.29 is 0 Å².